The van der Waals surface area contributed by atoms with E-state index in [-0.39, 0.29) is 37.5 Å². The zero-order valence-corrected chi connectivity index (χ0v) is 47.5. The molecule has 0 rings (SSSR count). The van der Waals surface area contributed by atoms with Crippen molar-refractivity contribution >= 4 is 17.9 Å². The van der Waals surface area contributed by atoms with Crippen LogP contribution in [0.25, 0.3) is 0 Å². The maximum atomic E-state index is 12.8. The molecule has 6 nitrogen and oxygen atoms in total. The first-order valence-electron chi connectivity index (χ1n) is 29.8. The summed E-state index contributed by atoms with van der Waals surface area (Å²) in [5.41, 5.74) is 0. The Kier molecular flexibility index (Phi) is 57.0. The topological polar surface area (TPSA) is 78.9 Å². The van der Waals surface area contributed by atoms with Gasteiger partial charge in [-0.2, -0.15) is 0 Å². The molecular formula is C68H108O6. The number of carbonyl (C=O) groups is 3. The lowest BCUT2D eigenvalue weighted by Gasteiger charge is -2.18. The highest BCUT2D eigenvalue weighted by atomic mass is 16.6. The quantitative estimate of drug-likeness (QED) is 0.0261. The molecular weight excluding hydrogens is 913 g/mol. The van der Waals surface area contributed by atoms with Crippen LogP contribution >= 0.6 is 0 Å². The molecule has 1 atom stereocenters. The third-order valence-corrected chi connectivity index (χ3v) is 12.1. The van der Waals surface area contributed by atoms with Gasteiger partial charge in [-0.3, -0.25) is 14.4 Å². The molecule has 0 saturated heterocycles. The molecule has 0 aliphatic carbocycles. The van der Waals surface area contributed by atoms with Crippen LogP contribution in [0.1, 0.15) is 245 Å². The lowest BCUT2D eigenvalue weighted by atomic mass is 10.1. The molecule has 0 aliphatic rings. The number of esters is 3. The SMILES string of the molecule is CC/C=C\C/C=C\C/C=C\C/C=C\C/C=C\C/C=C\C/C=C\CCCCCCCC(=O)OCC(COC(=O)CCCCCCC/C=C\CCCCCCC)OC(=O)CCCC/C=C\C/C=C\C/C=C\C/C=C\CC. The van der Waals surface area contributed by atoms with E-state index in [9.17, 15) is 14.4 Å². The summed E-state index contributed by atoms with van der Waals surface area (Å²) in [4.78, 5) is 38.2. The minimum absolute atomic E-state index is 0.111. The maximum Gasteiger partial charge on any atom is 0.306 e. The average Bonchev–Trinajstić information content (AvgIpc) is 3.40. The number of unbranched alkanes of at least 4 members (excludes halogenated alkanes) is 17. The van der Waals surface area contributed by atoms with Gasteiger partial charge in [-0.05, 0) is 141 Å². The largest absolute Gasteiger partial charge is 0.462 e. The van der Waals surface area contributed by atoms with E-state index in [4.69, 9.17) is 14.2 Å². The van der Waals surface area contributed by atoms with E-state index < -0.39 is 6.10 Å². The van der Waals surface area contributed by atoms with Gasteiger partial charge in [-0.1, -0.05) is 231 Å². The Bertz CT molecular complexity index is 1640. The zero-order valence-electron chi connectivity index (χ0n) is 47.5. The first kappa shape index (κ1) is 69.3. The van der Waals surface area contributed by atoms with Crippen LogP contribution in [0.4, 0.5) is 0 Å². The molecule has 6 heteroatoms. The van der Waals surface area contributed by atoms with Crippen molar-refractivity contribution in [1.29, 1.82) is 0 Å². The first-order valence-corrected chi connectivity index (χ1v) is 29.8. The minimum atomic E-state index is -0.818. The monoisotopic (exact) mass is 1020 g/mol. The first-order chi connectivity index (χ1) is 36.5. The summed E-state index contributed by atoms with van der Waals surface area (Å²) in [5.74, 6) is -0.985. The number of rotatable bonds is 52. The van der Waals surface area contributed by atoms with Crippen molar-refractivity contribution in [3.8, 4) is 0 Å². The summed E-state index contributed by atoms with van der Waals surface area (Å²) >= 11 is 0. The third-order valence-electron chi connectivity index (χ3n) is 12.1. The van der Waals surface area contributed by atoms with Gasteiger partial charge in [0.2, 0.25) is 0 Å². The third kappa shape index (κ3) is 58.2. The van der Waals surface area contributed by atoms with Crippen LogP contribution in [0, 0.1) is 0 Å². The summed E-state index contributed by atoms with van der Waals surface area (Å²) < 4.78 is 16.8. The van der Waals surface area contributed by atoms with Crippen LogP contribution in [0.5, 0.6) is 0 Å². The van der Waals surface area contributed by atoms with Gasteiger partial charge in [0.1, 0.15) is 13.2 Å². The molecule has 0 aromatic rings. The van der Waals surface area contributed by atoms with Crippen molar-refractivity contribution in [2.24, 2.45) is 0 Å². The maximum absolute atomic E-state index is 12.8. The molecule has 0 aromatic heterocycles. The molecule has 0 saturated carbocycles. The Balaban J connectivity index is 4.45. The number of carbonyl (C=O) groups excluding carboxylic acids is 3. The highest BCUT2D eigenvalue weighted by molar-refractivity contribution is 5.71. The van der Waals surface area contributed by atoms with Crippen molar-refractivity contribution in [2.75, 3.05) is 13.2 Å². The van der Waals surface area contributed by atoms with Crippen LogP contribution in [0.2, 0.25) is 0 Å². The second kappa shape index (κ2) is 60.8. The molecule has 0 amide bonds. The minimum Gasteiger partial charge on any atom is -0.462 e. The number of allylic oxidation sites excluding steroid dienone is 24. The van der Waals surface area contributed by atoms with E-state index in [1.54, 1.807) is 0 Å². The summed E-state index contributed by atoms with van der Waals surface area (Å²) in [5, 5.41) is 0. The van der Waals surface area contributed by atoms with Gasteiger partial charge >= 0.3 is 17.9 Å². The van der Waals surface area contributed by atoms with Crippen molar-refractivity contribution in [3.63, 3.8) is 0 Å². The molecule has 0 fully saturated rings. The molecule has 0 aromatic carbocycles. The highest BCUT2D eigenvalue weighted by Crippen LogP contribution is 2.13. The van der Waals surface area contributed by atoms with E-state index in [2.05, 4.69) is 167 Å². The molecule has 416 valence electrons. The van der Waals surface area contributed by atoms with Crippen molar-refractivity contribution in [1.82, 2.24) is 0 Å². The lowest BCUT2D eigenvalue weighted by molar-refractivity contribution is -0.167. The average molecular weight is 1020 g/mol. The molecule has 1 unspecified atom stereocenters. The molecule has 0 heterocycles. The van der Waals surface area contributed by atoms with Crippen LogP contribution in [-0.4, -0.2) is 37.2 Å². The summed E-state index contributed by atoms with van der Waals surface area (Å²) in [6.45, 7) is 6.33. The predicted molar refractivity (Wildman–Crippen MR) is 320 cm³/mol. The van der Waals surface area contributed by atoms with Gasteiger partial charge in [-0.25, -0.2) is 0 Å². The number of hydrogen-bond donors (Lipinski definition) is 0. The fourth-order valence-corrected chi connectivity index (χ4v) is 7.64. The van der Waals surface area contributed by atoms with E-state index >= 15 is 0 Å². The van der Waals surface area contributed by atoms with Crippen molar-refractivity contribution in [2.45, 2.75) is 252 Å². The Labute approximate surface area is 455 Å². The van der Waals surface area contributed by atoms with Gasteiger partial charge < -0.3 is 14.2 Å². The predicted octanol–water partition coefficient (Wildman–Crippen LogP) is 20.4. The molecule has 0 radical (unpaired) electrons. The van der Waals surface area contributed by atoms with Crippen LogP contribution in [0.3, 0.4) is 0 Å². The van der Waals surface area contributed by atoms with Crippen LogP contribution in [-0.2, 0) is 28.6 Å². The molecule has 0 N–H and O–H groups in total. The van der Waals surface area contributed by atoms with E-state index in [1.807, 2.05) is 0 Å². The summed E-state index contributed by atoms with van der Waals surface area (Å²) in [6.07, 6.45) is 87.0. The van der Waals surface area contributed by atoms with Gasteiger partial charge in [0.15, 0.2) is 6.10 Å². The Morgan fingerprint density at radius 1 is 0.284 bits per heavy atom. The van der Waals surface area contributed by atoms with Gasteiger partial charge in [-0.15, -0.1) is 0 Å². The number of ether oxygens (including phenoxy) is 3. The zero-order chi connectivity index (χ0) is 53.6. The van der Waals surface area contributed by atoms with Crippen molar-refractivity contribution < 1.29 is 28.6 Å². The Morgan fingerprint density at radius 2 is 0.527 bits per heavy atom. The lowest BCUT2D eigenvalue weighted by Crippen LogP contribution is -2.30. The summed E-state index contributed by atoms with van der Waals surface area (Å²) in [6, 6.07) is 0. The molecule has 0 bridgehead atoms. The van der Waals surface area contributed by atoms with E-state index in [0.29, 0.717) is 19.3 Å². The second-order valence-electron chi connectivity index (χ2n) is 19.1. The molecule has 0 spiro atoms. The van der Waals surface area contributed by atoms with E-state index in [1.165, 1.54) is 44.9 Å². The summed E-state index contributed by atoms with van der Waals surface area (Å²) in [7, 11) is 0. The van der Waals surface area contributed by atoms with Crippen LogP contribution in [0.15, 0.2) is 146 Å². The van der Waals surface area contributed by atoms with Gasteiger partial charge in [0.05, 0.1) is 0 Å². The number of hydrogen-bond acceptors (Lipinski definition) is 6. The van der Waals surface area contributed by atoms with Crippen molar-refractivity contribution in [3.05, 3.63) is 146 Å². The van der Waals surface area contributed by atoms with Gasteiger partial charge in [0, 0.05) is 19.3 Å². The van der Waals surface area contributed by atoms with Gasteiger partial charge in [0.25, 0.3) is 0 Å². The Hall–Kier alpha value is -4.71. The highest BCUT2D eigenvalue weighted by Gasteiger charge is 2.19. The standard InChI is InChI=1S/C68H108O6/c1-4-7-10-13-16-19-22-25-28-29-30-31-32-33-34-35-36-37-38-39-41-43-46-49-52-55-58-61-67(70)73-64-65(63-72-66(69)60-57-54-51-48-45-42-27-24-21-18-15-12-9-6-3)74-68(71)62-59-56-53-50-47-44-40-26-23-20-17-14-11-8-5-2/h7-8,10-11,16-17,19-20,24-28,30-31,33-34,36-37,39-41,47,50,65H,4-6,9,12-15,18,21-23,29,32,35,38,42-46,48-49,51-64H2,1-3H3/b10-7-,11-8-,19-16-,20-17-,27-24-,28-25-,31-30-,34-33-,37-36-,40-26-,41-39-,50-47-. The Morgan fingerprint density at radius 3 is 0.865 bits per heavy atom. The fraction of sp³-hybridized carbons (Fsp3) is 0.603. The smallest absolute Gasteiger partial charge is 0.306 e. The fourth-order valence-electron chi connectivity index (χ4n) is 7.64. The van der Waals surface area contributed by atoms with E-state index in [0.717, 1.165) is 154 Å². The van der Waals surface area contributed by atoms with Crippen LogP contribution < -0.4 is 0 Å². The molecule has 0 aliphatic heterocycles. The molecule has 74 heavy (non-hydrogen) atoms. The second-order valence-corrected chi connectivity index (χ2v) is 19.1. The normalized spacial score (nSPS) is 13.2.